The SMILES string of the molecule is O=C(Cl)c1ccc([SiH2]C(Cl)Cl)cc1. The van der Waals surface area contributed by atoms with Gasteiger partial charge in [-0.3, -0.25) is 4.79 Å². The van der Waals surface area contributed by atoms with Crippen LogP contribution in [-0.2, 0) is 0 Å². The average molecular weight is 254 g/mol. The van der Waals surface area contributed by atoms with Crippen molar-refractivity contribution < 1.29 is 4.79 Å². The van der Waals surface area contributed by atoms with Gasteiger partial charge in [0.1, 0.15) is 0 Å². The lowest BCUT2D eigenvalue weighted by molar-refractivity contribution is 0.108. The summed E-state index contributed by atoms with van der Waals surface area (Å²) in [5, 5.41) is 0.679. The lowest BCUT2D eigenvalue weighted by atomic mass is 10.2. The molecule has 13 heavy (non-hydrogen) atoms. The number of alkyl halides is 2. The van der Waals surface area contributed by atoms with Crippen LogP contribution in [0.3, 0.4) is 0 Å². The third-order valence-electron chi connectivity index (χ3n) is 1.57. The summed E-state index contributed by atoms with van der Waals surface area (Å²) >= 11 is 16.6. The first kappa shape index (κ1) is 11.1. The van der Waals surface area contributed by atoms with Gasteiger partial charge in [0, 0.05) is 5.56 Å². The van der Waals surface area contributed by atoms with Crippen LogP contribution in [0.15, 0.2) is 24.3 Å². The van der Waals surface area contributed by atoms with Gasteiger partial charge in [0.2, 0.25) is 0 Å². The van der Waals surface area contributed by atoms with Crippen LogP contribution in [-0.4, -0.2) is 19.2 Å². The first-order valence-corrected chi connectivity index (χ1v) is 6.44. The van der Waals surface area contributed by atoms with Crippen LogP contribution in [0.4, 0.5) is 0 Å². The quantitative estimate of drug-likeness (QED) is 0.455. The highest BCUT2D eigenvalue weighted by Gasteiger charge is 2.04. The van der Waals surface area contributed by atoms with E-state index in [0.717, 1.165) is 5.19 Å². The molecule has 0 saturated heterocycles. The number of halogens is 3. The van der Waals surface area contributed by atoms with Crippen molar-refractivity contribution >= 4 is 54.8 Å². The largest absolute Gasteiger partial charge is 0.276 e. The Kier molecular flexibility index (Phi) is 4.26. The molecule has 0 aliphatic heterocycles. The molecule has 0 saturated carbocycles. The standard InChI is InChI=1S/C8H7Cl3OSi/c9-7(12)5-1-3-6(4-2-5)13-8(10)11/h1-4,8H,13H2. The molecule has 0 amide bonds. The zero-order chi connectivity index (χ0) is 9.84. The Bertz CT molecular complexity index is 297. The molecular weight excluding hydrogens is 247 g/mol. The normalized spacial score (nSPS) is 11.4. The van der Waals surface area contributed by atoms with Crippen molar-refractivity contribution in [2.45, 2.75) is 4.46 Å². The van der Waals surface area contributed by atoms with Crippen LogP contribution >= 0.6 is 34.8 Å². The van der Waals surface area contributed by atoms with Gasteiger partial charge in [-0.05, 0) is 11.6 Å². The van der Waals surface area contributed by atoms with Crippen molar-refractivity contribution in [3.63, 3.8) is 0 Å². The van der Waals surface area contributed by atoms with E-state index in [2.05, 4.69) is 0 Å². The Hall–Kier alpha value is -0.0231. The zero-order valence-electron chi connectivity index (χ0n) is 6.64. The fourth-order valence-corrected chi connectivity index (χ4v) is 3.01. The van der Waals surface area contributed by atoms with Gasteiger partial charge in [0.15, 0.2) is 0 Å². The molecule has 0 aliphatic carbocycles. The molecule has 5 heteroatoms. The van der Waals surface area contributed by atoms with Crippen molar-refractivity contribution in [1.29, 1.82) is 0 Å². The van der Waals surface area contributed by atoms with Crippen molar-refractivity contribution in [3.05, 3.63) is 29.8 Å². The fraction of sp³-hybridized carbons (Fsp3) is 0.125. The predicted octanol–water partition coefficient (Wildman–Crippen LogP) is 1.62. The van der Waals surface area contributed by atoms with Gasteiger partial charge in [-0.25, -0.2) is 0 Å². The molecule has 0 spiro atoms. The Morgan fingerprint density at radius 3 is 2.15 bits per heavy atom. The molecule has 0 fully saturated rings. The molecule has 0 radical (unpaired) electrons. The van der Waals surface area contributed by atoms with Crippen molar-refractivity contribution in [2.24, 2.45) is 0 Å². The van der Waals surface area contributed by atoms with Gasteiger partial charge < -0.3 is 0 Å². The average Bonchev–Trinajstić information content (AvgIpc) is 2.04. The van der Waals surface area contributed by atoms with Gasteiger partial charge in [-0.1, -0.05) is 29.5 Å². The molecule has 0 bridgehead atoms. The van der Waals surface area contributed by atoms with E-state index in [0.29, 0.717) is 5.56 Å². The Morgan fingerprint density at radius 1 is 1.23 bits per heavy atom. The first-order valence-electron chi connectivity index (χ1n) is 3.66. The van der Waals surface area contributed by atoms with E-state index in [9.17, 15) is 4.79 Å². The summed E-state index contributed by atoms with van der Waals surface area (Å²) in [6.45, 7) is 0. The Labute approximate surface area is 93.8 Å². The predicted molar refractivity (Wildman–Crippen MR) is 60.3 cm³/mol. The minimum absolute atomic E-state index is 0.280. The molecule has 0 N–H and O–H groups in total. The first-order chi connectivity index (χ1) is 6.09. The van der Waals surface area contributed by atoms with E-state index in [1.165, 1.54) is 0 Å². The number of carbonyl (C=O) groups excluding carboxylic acids is 1. The molecule has 1 aromatic rings. The van der Waals surface area contributed by atoms with Crippen LogP contribution < -0.4 is 5.19 Å². The summed E-state index contributed by atoms with van der Waals surface area (Å²) in [6, 6.07) is 7.07. The van der Waals surface area contributed by atoms with Gasteiger partial charge in [-0.2, -0.15) is 0 Å². The van der Waals surface area contributed by atoms with E-state index >= 15 is 0 Å². The second-order valence-corrected chi connectivity index (χ2v) is 7.26. The maximum atomic E-state index is 10.7. The third kappa shape index (κ3) is 3.69. The summed E-state index contributed by atoms with van der Waals surface area (Å²) in [5.41, 5.74) is 0.500. The number of hydrogen-bond acceptors (Lipinski definition) is 1. The second-order valence-electron chi connectivity index (χ2n) is 2.57. The second kappa shape index (κ2) is 5.01. The highest BCUT2D eigenvalue weighted by Crippen LogP contribution is 2.03. The highest BCUT2D eigenvalue weighted by molar-refractivity contribution is 6.75. The van der Waals surface area contributed by atoms with Crippen LogP contribution in [0.2, 0.25) is 0 Å². The number of benzene rings is 1. The van der Waals surface area contributed by atoms with Gasteiger partial charge in [-0.15, -0.1) is 23.2 Å². The number of rotatable bonds is 3. The monoisotopic (exact) mass is 252 g/mol. The molecule has 1 rings (SSSR count). The van der Waals surface area contributed by atoms with Crippen LogP contribution in [0.25, 0.3) is 0 Å². The van der Waals surface area contributed by atoms with Crippen molar-refractivity contribution in [2.75, 3.05) is 0 Å². The van der Waals surface area contributed by atoms with E-state index < -0.39 is 14.8 Å². The number of carbonyl (C=O) groups is 1. The smallest absolute Gasteiger partial charge is 0.252 e. The maximum absolute atomic E-state index is 10.7. The Balaban J connectivity index is 2.75. The maximum Gasteiger partial charge on any atom is 0.252 e. The molecule has 1 nitrogen and oxygen atoms in total. The van der Waals surface area contributed by atoms with Crippen molar-refractivity contribution in [3.8, 4) is 0 Å². The Morgan fingerprint density at radius 2 is 1.77 bits per heavy atom. The zero-order valence-corrected chi connectivity index (χ0v) is 10.3. The van der Waals surface area contributed by atoms with Gasteiger partial charge in [0.05, 0.1) is 14.0 Å². The van der Waals surface area contributed by atoms with Gasteiger partial charge >= 0.3 is 0 Å². The summed E-state index contributed by atoms with van der Waals surface area (Å²) in [4.78, 5) is 10.7. The fourth-order valence-electron chi connectivity index (χ4n) is 0.950. The summed E-state index contributed by atoms with van der Waals surface area (Å²) in [5.74, 6) is 0. The van der Waals surface area contributed by atoms with Gasteiger partial charge in [0.25, 0.3) is 5.24 Å². The number of hydrogen-bond donors (Lipinski definition) is 0. The highest BCUT2D eigenvalue weighted by atomic mass is 35.5. The molecule has 0 aliphatic rings. The summed E-state index contributed by atoms with van der Waals surface area (Å²) in [6.07, 6.45) is 0. The molecule has 0 aromatic heterocycles. The van der Waals surface area contributed by atoms with E-state index in [-0.39, 0.29) is 4.46 Å². The van der Waals surface area contributed by atoms with Crippen molar-refractivity contribution in [1.82, 2.24) is 0 Å². The molecule has 0 heterocycles. The van der Waals surface area contributed by atoms with E-state index in [1.54, 1.807) is 12.1 Å². The molecule has 70 valence electrons. The lowest BCUT2D eigenvalue weighted by Crippen LogP contribution is -2.20. The van der Waals surface area contributed by atoms with Crippen LogP contribution in [0.5, 0.6) is 0 Å². The van der Waals surface area contributed by atoms with Crippen LogP contribution in [0.1, 0.15) is 10.4 Å². The molecule has 0 atom stereocenters. The summed E-state index contributed by atoms with van der Waals surface area (Å²) in [7, 11) is -0.641. The molecular formula is C8H7Cl3OSi. The lowest BCUT2D eigenvalue weighted by Gasteiger charge is -2.00. The van der Waals surface area contributed by atoms with Crippen LogP contribution in [0, 0.1) is 0 Å². The minimum Gasteiger partial charge on any atom is -0.276 e. The summed E-state index contributed by atoms with van der Waals surface area (Å²) < 4.78 is -0.280. The molecule has 1 aromatic carbocycles. The third-order valence-corrected chi connectivity index (χ3v) is 3.97. The van der Waals surface area contributed by atoms with E-state index in [1.807, 2.05) is 12.1 Å². The topological polar surface area (TPSA) is 17.1 Å². The minimum atomic E-state index is -0.641. The van der Waals surface area contributed by atoms with E-state index in [4.69, 9.17) is 34.8 Å². The molecule has 0 unspecified atom stereocenters.